The minimum absolute atomic E-state index is 0.109. The number of hydrogen-bond donors (Lipinski definition) is 2. The number of nitrogens with zero attached hydrogens (tertiary/aromatic N) is 4. The summed E-state index contributed by atoms with van der Waals surface area (Å²) in [6.45, 7) is -1.48. The van der Waals surface area contributed by atoms with E-state index in [0.717, 1.165) is 24.3 Å². The highest BCUT2D eigenvalue weighted by molar-refractivity contribution is 7.92. The van der Waals surface area contributed by atoms with Crippen LogP contribution in [0.15, 0.2) is 59.8 Å². The fourth-order valence-corrected chi connectivity index (χ4v) is 3.38. The van der Waals surface area contributed by atoms with Crippen molar-refractivity contribution in [2.24, 2.45) is 0 Å². The zero-order chi connectivity index (χ0) is 21.1. The molecule has 13 heteroatoms. The predicted octanol–water partition coefficient (Wildman–Crippen LogP) is 1.76. The van der Waals surface area contributed by atoms with Gasteiger partial charge in [0, 0.05) is 5.56 Å². The lowest BCUT2D eigenvalue weighted by Crippen LogP contribution is -2.33. The van der Waals surface area contributed by atoms with Crippen LogP contribution in [0.2, 0.25) is 0 Å². The summed E-state index contributed by atoms with van der Waals surface area (Å²) in [5.74, 6) is -0.969. The highest BCUT2D eigenvalue weighted by Gasteiger charge is 2.28. The molecular weight excluding hydrogens is 413 g/mol. The molecule has 2 N–H and O–H groups in total. The van der Waals surface area contributed by atoms with Gasteiger partial charge < -0.3 is 5.32 Å². The molecule has 1 aromatic heterocycles. The van der Waals surface area contributed by atoms with E-state index in [9.17, 15) is 26.4 Å². The molecule has 3 aromatic rings. The van der Waals surface area contributed by atoms with Crippen molar-refractivity contribution in [2.75, 3.05) is 11.3 Å². The molecule has 0 fully saturated rings. The molecule has 0 saturated heterocycles. The predicted molar refractivity (Wildman–Crippen MR) is 94.8 cm³/mol. The molecule has 0 spiro atoms. The number of alkyl halides is 3. The van der Waals surface area contributed by atoms with Gasteiger partial charge in [0.15, 0.2) is 0 Å². The van der Waals surface area contributed by atoms with Crippen LogP contribution in [-0.4, -0.2) is 47.3 Å². The number of para-hydroxylation sites is 2. The molecule has 152 valence electrons. The Bertz CT molecular complexity index is 1100. The lowest BCUT2D eigenvalue weighted by molar-refractivity contribution is -0.123. The Hall–Kier alpha value is -3.48. The smallest absolute Gasteiger partial charge is 0.343 e. The van der Waals surface area contributed by atoms with Crippen LogP contribution in [0.25, 0.3) is 5.69 Å². The summed E-state index contributed by atoms with van der Waals surface area (Å²) < 4.78 is 65.5. The number of carbonyl (C=O) groups excluding carboxylic acids is 1. The van der Waals surface area contributed by atoms with Crippen molar-refractivity contribution in [1.82, 2.24) is 25.5 Å². The number of carbonyl (C=O) groups is 1. The average Bonchev–Trinajstić information content (AvgIpc) is 3.20. The highest BCUT2D eigenvalue weighted by Crippen LogP contribution is 2.23. The maximum absolute atomic E-state index is 12.6. The van der Waals surface area contributed by atoms with E-state index < -0.39 is 28.7 Å². The molecule has 1 amide bonds. The Balaban J connectivity index is 1.78. The van der Waals surface area contributed by atoms with Gasteiger partial charge in [-0.1, -0.05) is 12.1 Å². The number of rotatable bonds is 6. The quantitative estimate of drug-likeness (QED) is 0.620. The van der Waals surface area contributed by atoms with Crippen LogP contribution in [0.5, 0.6) is 0 Å². The Morgan fingerprint density at radius 3 is 2.38 bits per heavy atom. The summed E-state index contributed by atoms with van der Waals surface area (Å²) in [5, 5.41) is 12.4. The zero-order valence-corrected chi connectivity index (χ0v) is 15.3. The second kappa shape index (κ2) is 7.87. The molecule has 0 radical (unpaired) electrons. The van der Waals surface area contributed by atoms with Gasteiger partial charge in [-0.15, -0.1) is 5.10 Å². The third kappa shape index (κ3) is 5.07. The first-order valence-corrected chi connectivity index (χ1v) is 9.44. The topological polar surface area (TPSA) is 119 Å². The summed E-state index contributed by atoms with van der Waals surface area (Å²) >= 11 is 0. The molecule has 3 rings (SSSR count). The van der Waals surface area contributed by atoms with Crippen molar-refractivity contribution < 1.29 is 26.4 Å². The number of benzene rings is 2. The molecule has 1 heterocycles. The molecule has 0 bridgehead atoms. The van der Waals surface area contributed by atoms with Gasteiger partial charge in [0.05, 0.1) is 16.3 Å². The summed E-state index contributed by atoms with van der Waals surface area (Å²) in [7, 11) is -4.05. The summed E-state index contributed by atoms with van der Waals surface area (Å²) in [6, 6.07) is 10.9. The van der Waals surface area contributed by atoms with Crippen molar-refractivity contribution in [1.29, 1.82) is 0 Å². The minimum Gasteiger partial charge on any atom is -0.343 e. The number of amides is 1. The largest absolute Gasteiger partial charge is 0.405 e. The second-order valence-corrected chi connectivity index (χ2v) is 7.38. The van der Waals surface area contributed by atoms with E-state index >= 15 is 0 Å². The van der Waals surface area contributed by atoms with E-state index in [1.807, 2.05) is 0 Å². The molecular formula is C16H13F3N6O3S. The fourth-order valence-electron chi connectivity index (χ4n) is 2.30. The number of sulfonamides is 1. The average molecular weight is 426 g/mol. The summed E-state index contributed by atoms with van der Waals surface area (Å²) in [5.41, 5.74) is 0.471. The zero-order valence-electron chi connectivity index (χ0n) is 14.5. The highest BCUT2D eigenvalue weighted by atomic mass is 32.2. The SMILES string of the molecule is O=C(NCC(F)(F)F)c1ccc(S(=O)(=O)Nc2ccccc2-n2cnnn2)cc1. The maximum atomic E-state index is 12.6. The van der Waals surface area contributed by atoms with Gasteiger partial charge in [0.25, 0.3) is 15.9 Å². The number of tetrazole rings is 1. The lowest BCUT2D eigenvalue weighted by Gasteiger charge is -2.12. The number of nitrogens with one attached hydrogen (secondary N) is 2. The van der Waals surface area contributed by atoms with E-state index in [-0.39, 0.29) is 16.1 Å². The third-order valence-corrected chi connectivity index (χ3v) is 5.00. The van der Waals surface area contributed by atoms with Gasteiger partial charge in [-0.25, -0.2) is 8.42 Å². The van der Waals surface area contributed by atoms with Crippen LogP contribution in [0.3, 0.4) is 0 Å². The van der Waals surface area contributed by atoms with Gasteiger partial charge in [-0.3, -0.25) is 9.52 Å². The Morgan fingerprint density at radius 1 is 1.07 bits per heavy atom. The number of hydrogen-bond acceptors (Lipinski definition) is 6. The first-order valence-electron chi connectivity index (χ1n) is 7.96. The normalized spacial score (nSPS) is 11.8. The lowest BCUT2D eigenvalue weighted by atomic mass is 10.2. The standard InChI is InChI=1S/C16H13F3N6O3S/c17-16(18,19)9-20-15(26)11-5-7-12(8-6-11)29(27,28)22-13-3-1-2-4-14(13)25-10-21-23-24-25/h1-8,10,22H,9H2,(H,20,26). The van der Waals surface area contributed by atoms with Crippen molar-refractivity contribution in [3.63, 3.8) is 0 Å². The van der Waals surface area contributed by atoms with Crippen molar-refractivity contribution >= 4 is 21.6 Å². The molecule has 9 nitrogen and oxygen atoms in total. The second-order valence-electron chi connectivity index (χ2n) is 5.70. The molecule has 0 aliphatic carbocycles. The first kappa shape index (κ1) is 20.3. The van der Waals surface area contributed by atoms with Crippen LogP contribution in [-0.2, 0) is 10.0 Å². The molecule has 0 aliphatic heterocycles. The third-order valence-electron chi connectivity index (χ3n) is 3.62. The van der Waals surface area contributed by atoms with Crippen molar-refractivity contribution in [2.45, 2.75) is 11.1 Å². The number of aromatic nitrogens is 4. The van der Waals surface area contributed by atoms with Gasteiger partial charge in [0.1, 0.15) is 12.9 Å². The summed E-state index contributed by atoms with van der Waals surface area (Å²) in [4.78, 5) is 11.5. The molecule has 0 unspecified atom stereocenters. The van der Waals surface area contributed by atoms with Crippen molar-refractivity contribution in [3.05, 3.63) is 60.4 Å². The number of halogens is 3. The maximum Gasteiger partial charge on any atom is 0.405 e. The van der Waals surface area contributed by atoms with Gasteiger partial charge in [0.2, 0.25) is 0 Å². The van der Waals surface area contributed by atoms with Crippen LogP contribution < -0.4 is 10.0 Å². The monoisotopic (exact) mass is 426 g/mol. The van der Waals surface area contributed by atoms with E-state index in [0.29, 0.717) is 5.69 Å². The fraction of sp³-hybridized carbons (Fsp3) is 0.125. The van der Waals surface area contributed by atoms with E-state index in [2.05, 4.69) is 20.2 Å². The Kier molecular flexibility index (Phi) is 5.50. The van der Waals surface area contributed by atoms with Crippen LogP contribution >= 0.6 is 0 Å². The summed E-state index contributed by atoms with van der Waals surface area (Å²) in [6.07, 6.45) is -3.25. The van der Waals surface area contributed by atoms with E-state index in [1.54, 1.807) is 23.5 Å². The molecule has 29 heavy (non-hydrogen) atoms. The van der Waals surface area contributed by atoms with Gasteiger partial charge in [-0.2, -0.15) is 17.9 Å². The Labute approximate surface area is 162 Å². The Morgan fingerprint density at radius 2 is 1.76 bits per heavy atom. The van der Waals surface area contributed by atoms with Crippen LogP contribution in [0.1, 0.15) is 10.4 Å². The molecule has 0 atom stereocenters. The van der Waals surface area contributed by atoms with Crippen LogP contribution in [0.4, 0.5) is 18.9 Å². The van der Waals surface area contributed by atoms with Crippen LogP contribution in [0, 0.1) is 0 Å². The van der Waals surface area contributed by atoms with Gasteiger partial charge in [-0.05, 0) is 46.8 Å². The molecule has 2 aromatic carbocycles. The molecule has 0 aliphatic rings. The minimum atomic E-state index is -4.55. The van der Waals surface area contributed by atoms with Crippen molar-refractivity contribution in [3.8, 4) is 5.69 Å². The van der Waals surface area contributed by atoms with Gasteiger partial charge >= 0.3 is 6.18 Å². The van der Waals surface area contributed by atoms with E-state index in [4.69, 9.17) is 0 Å². The first-order chi connectivity index (χ1) is 13.7. The van der Waals surface area contributed by atoms with E-state index in [1.165, 1.54) is 17.1 Å². The number of anilines is 1. The molecule has 0 saturated carbocycles.